The van der Waals surface area contributed by atoms with Crippen molar-refractivity contribution in [3.05, 3.63) is 0 Å². The van der Waals surface area contributed by atoms with E-state index in [-0.39, 0.29) is 35.5 Å². The Morgan fingerprint density at radius 3 is 2.38 bits per heavy atom. The number of thioether (sulfide) groups is 1. The van der Waals surface area contributed by atoms with Gasteiger partial charge in [-0.3, -0.25) is 4.79 Å². The van der Waals surface area contributed by atoms with Crippen LogP contribution in [0.2, 0.25) is 0 Å². The third-order valence-electron chi connectivity index (χ3n) is 1.29. The monoisotopic (exact) mass is 214 g/mol. The number of hydrogen-bond donors (Lipinski definition) is 2. The smallest absolute Gasteiger partial charge is 0.326 e. The molecule has 13 heavy (non-hydrogen) atoms. The molecule has 6 heteroatoms. The van der Waals surface area contributed by atoms with Crippen LogP contribution >= 0.6 is 11.8 Å². The van der Waals surface area contributed by atoms with Crippen LogP contribution in [-0.4, -0.2) is 64.6 Å². The maximum atomic E-state index is 10.5. The van der Waals surface area contributed by atoms with Crippen LogP contribution in [0.5, 0.6) is 0 Å². The van der Waals surface area contributed by atoms with Gasteiger partial charge in [-0.25, -0.2) is 4.79 Å². The number of carboxylic acid groups (broad SMARTS) is 1. The van der Waals surface area contributed by atoms with Gasteiger partial charge in [0.15, 0.2) is 0 Å². The minimum atomic E-state index is -0.973. The summed E-state index contributed by atoms with van der Waals surface area (Å²) >= 11 is 1.56. The second-order valence-corrected chi connectivity index (χ2v) is 3.36. The van der Waals surface area contributed by atoms with Gasteiger partial charge in [-0.05, 0) is 18.4 Å². The number of carboxylic acids is 1. The van der Waals surface area contributed by atoms with E-state index in [2.05, 4.69) is 5.32 Å². The number of carbonyl (C=O) groups excluding carboxylic acids is 1. The number of carbonyl (C=O) groups is 2. The van der Waals surface area contributed by atoms with Crippen molar-refractivity contribution in [1.82, 2.24) is 5.32 Å². The van der Waals surface area contributed by atoms with Gasteiger partial charge in [0.05, 0.1) is 0 Å². The number of aliphatic carboxylic acids is 1. The summed E-state index contributed by atoms with van der Waals surface area (Å²) in [6.45, 7) is 1.31. The van der Waals surface area contributed by atoms with Gasteiger partial charge in [0.25, 0.3) is 0 Å². The van der Waals surface area contributed by atoms with Crippen LogP contribution in [0.15, 0.2) is 0 Å². The van der Waals surface area contributed by atoms with Gasteiger partial charge in [0.1, 0.15) is 6.04 Å². The molecule has 2 N–H and O–H groups in total. The molecule has 0 spiro atoms. The SMILES string of the molecule is CSCC[C@H](NC(C)=O)C(=O)O.[Na]. The van der Waals surface area contributed by atoms with Crippen molar-refractivity contribution >= 4 is 53.2 Å². The first-order chi connectivity index (χ1) is 5.57. The molecule has 71 valence electrons. The second-order valence-electron chi connectivity index (χ2n) is 2.37. The van der Waals surface area contributed by atoms with Gasteiger partial charge >= 0.3 is 5.97 Å². The average molecular weight is 214 g/mol. The minimum absolute atomic E-state index is 0. The van der Waals surface area contributed by atoms with Crippen LogP contribution in [0.1, 0.15) is 13.3 Å². The quantitative estimate of drug-likeness (QED) is 0.630. The molecule has 0 fully saturated rings. The van der Waals surface area contributed by atoms with Crippen molar-refractivity contribution in [2.75, 3.05) is 12.0 Å². The number of hydrogen-bond acceptors (Lipinski definition) is 3. The molecule has 0 heterocycles. The Labute approximate surface area is 104 Å². The van der Waals surface area contributed by atoms with Crippen LogP contribution < -0.4 is 5.32 Å². The Bertz CT molecular complexity index is 177. The fourth-order valence-electron chi connectivity index (χ4n) is 0.738. The zero-order chi connectivity index (χ0) is 9.56. The van der Waals surface area contributed by atoms with Crippen molar-refractivity contribution in [2.24, 2.45) is 0 Å². The summed E-state index contributed by atoms with van der Waals surface area (Å²) in [5, 5.41) is 11.0. The topological polar surface area (TPSA) is 66.4 Å². The molecular formula is C7H13NNaO3S. The Kier molecular flexibility index (Phi) is 10.7. The first-order valence-corrected chi connectivity index (χ1v) is 4.96. The average Bonchev–Trinajstić information content (AvgIpc) is 1.96. The molecular weight excluding hydrogens is 201 g/mol. The molecule has 1 radical (unpaired) electrons. The van der Waals surface area contributed by atoms with Crippen LogP contribution in [0.25, 0.3) is 0 Å². The first kappa shape index (κ1) is 15.7. The molecule has 0 rings (SSSR count). The second kappa shape index (κ2) is 8.87. The van der Waals surface area contributed by atoms with E-state index >= 15 is 0 Å². The van der Waals surface area contributed by atoms with Gasteiger partial charge in [-0.2, -0.15) is 11.8 Å². The summed E-state index contributed by atoms with van der Waals surface area (Å²) < 4.78 is 0. The van der Waals surface area contributed by atoms with Crippen LogP contribution in [0, 0.1) is 0 Å². The molecule has 0 aromatic carbocycles. The van der Waals surface area contributed by atoms with Crippen molar-refractivity contribution < 1.29 is 14.7 Å². The fraction of sp³-hybridized carbons (Fsp3) is 0.714. The van der Waals surface area contributed by atoms with Gasteiger partial charge in [0, 0.05) is 36.5 Å². The van der Waals surface area contributed by atoms with E-state index in [4.69, 9.17) is 5.11 Å². The standard InChI is InChI=1S/C7H13NO3S.Na/c1-5(9)8-6(7(10)11)3-4-12-2;/h6H,3-4H2,1-2H3,(H,8,9)(H,10,11);/t6-;/m0./s1. The van der Waals surface area contributed by atoms with E-state index in [0.717, 1.165) is 5.75 Å². The van der Waals surface area contributed by atoms with Gasteiger partial charge < -0.3 is 10.4 Å². The molecule has 0 aliphatic rings. The van der Waals surface area contributed by atoms with Crippen molar-refractivity contribution in [3.63, 3.8) is 0 Å². The zero-order valence-electron chi connectivity index (χ0n) is 8.16. The number of nitrogens with one attached hydrogen (secondary N) is 1. The molecule has 0 saturated heterocycles. The van der Waals surface area contributed by atoms with Crippen LogP contribution in [-0.2, 0) is 9.59 Å². The largest absolute Gasteiger partial charge is 0.480 e. The van der Waals surface area contributed by atoms with Gasteiger partial charge in [-0.1, -0.05) is 0 Å². The van der Waals surface area contributed by atoms with Crippen molar-refractivity contribution in [1.29, 1.82) is 0 Å². The molecule has 0 bridgehead atoms. The maximum Gasteiger partial charge on any atom is 0.326 e. The zero-order valence-corrected chi connectivity index (χ0v) is 11.0. The molecule has 0 saturated carbocycles. The number of rotatable bonds is 5. The maximum absolute atomic E-state index is 10.5. The Balaban J connectivity index is 0. The molecule has 0 aliphatic carbocycles. The Hall–Kier alpha value is 0.290. The van der Waals surface area contributed by atoms with E-state index in [1.54, 1.807) is 11.8 Å². The molecule has 4 nitrogen and oxygen atoms in total. The van der Waals surface area contributed by atoms with Gasteiger partial charge in [-0.15, -0.1) is 0 Å². The van der Waals surface area contributed by atoms with E-state index < -0.39 is 12.0 Å². The third-order valence-corrected chi connectivity index (χ3v) is 1.93. The Morgan fingerprint density at radius 2 is 2.08 bits per heavy atom. The molecule has 0 aliphatic heterocycles. The summed E-state index contributed by atoms with van der Waals surface area (Å²) in [5.41, 5.74) is 0. The molecule has 1 amide bonds. The van der Waals surface area contributed by atoms with Gasteiger partial charge in [0.2, 0.25) is 5.91 Å². The fourth-order valence-corrected chi connectivity index (χ4v) is 1.21. The van der Waals surface area contributed by atoms with E-state index in [0.29, 0.717) is 6.42 Å². The Morgan fingerprint density at radius 1 is 1.54 bits per heavy atom. The summed E-state index contributed by atoms with van der Waals surface area (Å²) in [4.78, 5) is 21.1. The summed E-state index contributed by atoms with van der Waals surface area (Å²) in [6, 6.07) is -0.741. The summed E-state index contributed by atoms with van der Waals surface area (Å²) in [6.07, 6.45) is 2.36. The van der Waals surface area contributed by atoms with Crippen molar-refractivity contribution in [3.8, 4) is 0 Å². The third kappa shape index (κ3) is 8.62. The van der Waals surface area contributed by atoms with E-state index in [1.165, 1.54) is 6.92 Å². The van der Waals surface area contributed by atoms with E-state index in [9.17, 15) is 9.59 Å². The molecule has 0 unspecified atom stereocenters. The predicted octanol–water partition coefficient (Wildman–Crippen LogP) is -0.0520. The summed E-state index contributed by atoms with van der Waals surface area (Å²) in [7, 11) is 0. The minimum Gasteiger partial charge on any atom is -0.480 e. The van der Waals surface area contributed by atoms with Crippen LogP contribution in [0.4, 0.5) is 0 Å². The number of amides is 1. The summed E-state index contributed by atoms with van der Waals surface area (Å²) in [5.74, 6) is -0.542. The molecule has 0 aromatic rings. The molecule has 0 aromatic heterocycles. The first-order valence-electron chi connectivity index (χ1n) is 3.56. The van der Waals surface area contributed by atoms with Crippen LogP contribution in [0.3, 0.4) is 0 Å². The van der Waals surface area contributed by atoms with E-state index in [1.807, 2.05) is 6.26 Å². The molecule has 1 atom stereocenters. The normalized spacial score (nSPS) is 11.2. The van der Waals surface area contributed by atoms with Crippen molar-refractivity contribution in [2.45, 2.75) is 19.4 Å². The predicted molar refractivity (Wildman–Crippen MR) is 54.0 cm³/mol.